The topological polar surface area (TPSA) is 69.2 Å². The van der Waals surface area contributed by atoms with Crippen LogP contribution in [0.1, 0.15) is 40.0 Å². The summed E-state index contributed by atoms with van der Waals surface area (Å²) in [5.74, 6) is 0.846. The molecule has 26 heavy (non-hydrogen) atoms. The Morgan fingerprint density at radius 2 is 1.73 bits per heavy atom. The second-order valence-electron chi connectivity index (χ2n) is 7.40. The predicted octanol–water partition coefficient (Wildman–Crippen LogP) is 1.28. The molecule has 152 valence electrons. The van der Waals surface area contributed by atoms with Crippen molar-refractivity contribution in [3.8, 4) is 0 Å². The van der Waals surface area contributed by atoms with E-state index >= 15 is 0 Å². The van der Waals surface area contributed by atoms with Crippen LogP contribution in [0.4, 0.5) is 0 Å². The van der Waals surface area contributed by atoms with Gasteiger partial charge in [-0.3, -0.25) is 9.69 Å². The van der Waals surface area contributed by atoms with Crippen LogP contribution in [0.5, 0.6) is 0 Å². The predicted molar refractivity (Wildman–Crippen MR) is 116 cm³/mol. The first-order valence-corrected chi connectivity index (χ1v) is 9.65. The number of amides is 1. The van der Waals surface area contributed by atoms with Crippen LogP contribution in [0.15, 0.2) is 4.99 Å². The third kappa shape index (κ3) is 7.56. The van der Waals surface area contributed by atoms with Crippen molar-refractivity contribution in [1.82, 2.24) is 20.4 Å². The molecule has 0 aromatic heterocycles. The lowest BCUT2D eigenvalue weighted by Gasteiger charge is -2.41. The highest BCUT2D eigenvalue weighted by Gasteiger charge is 2.28. The Hall–Kier alpha value is -0.610. The number of nitrogens with zero attached hydrogens (tertiary/aromatic N) is 3. The fourth-order valence-corrected chi connectivity index (χ4v) is 3.31. The number of ether oxygens (including phenoxy) is 1. The summed E-state index contributed by atoms with van der Waals surface area (Å²) in [4.78, 5) is 21.2. The molecule has 2 rings (SSSR count). The fourth-order valence-electron chi connectivity index (χ4n) is 3.31. The summed E-state index contributed by atoms with van der Waals surface area (Å²) in [6.07, 6.45) is 3.46. The number of morpholine rings is 1. The van der Waals surface area contributed by atoms with Gasteiger partial charge in [0.25, 0.3) is 0 Å². The molecule has 2 fully saturated rings. The number of carbonyl (C=O) groups excluding carboxylic acids is 1. The zero-order valence-corrected chi connectivity index (χ0v) is 18.9. The van der Waals surface area contributed by atoms with Gasteiger partial charge in [-0.25, -0.2) is 4.99 Å². The minimum Gasteiger partial charge on any atom is -0.379 e. The molecule has 2 aliphatic heterocycles. The zero-order valence-electron chi connectivity index (χ0n) is 16.6. The van der Waals surface area contributed by atoms with Gasteiger partial charge in [0.1, 0.15) is 6.54 Å². The maximum absolute atomic E-state index is 12.3. The van der Waals surface area contributed by atoms with Crippen LogP contribution in [0, 0.1) is 0 Å². The van der Waals surface area contributed by atoms with Crippen LogP contribution in [0.2, 0.25) is 0 Å². The summed E-state index contributed by atoms with van der Waals surface area (Å²) in [5.41, 5.74) is 0.0108. The maximum atomic E-state index is 12.3. The largest absolute Gasteiger partial charge is 0.379 e. The molecule has 2 aliphatic rings. The third-order valence-electron chi connectivity index (χ3n) is 4.98. The highest BCUT2D eigenvalue weighted by Crippen LogP contribution is 2.15. The van der Waals surface area contributed by atoms with E-state index in [4.69, 9.17) is 4.74 Å². The number of hydrogen-bond donors (Lipinski definition) is 2. The average molecular weight is 481 g/mol. The van der Waals surface area contributed by atoms with Gasteiger partial charge in [0.15, 0.2) is 5.96 Å². The number of halogens is 1. The van der Waals surface area contributed by atoms with Crippen LogP contribution in [0.25, 0.3) is 0 Å². The number of nitrogens with one attached hydrogen (secondary N) is 2. The van der Waals surface area contributed by atoms with E-state index in [0.717, 1.165) is 65.3 Å². The summed E-state index contributed by atoms with van der Waals surface area (Å²) < 4.78 is 5.44. The van der Waals surface area contributed by atoms with Crippen molar-refractivity contribution >= 4 is 35.8 Å². The first-order chi connectivity index (χ1) is 12.0. The SMILES string of the molecule is CCNC(=NCC(=O)N1CCCCC1)NCC(C)(C)N1CCOCC1.I. The summed E-state index contributed by atoms with van der Waals surface area (Å²) >= 11 is 0. The Kier molecular flexibility index (Phi) is 10.8. The molecule has 0 aromatic carbocycles. The van der Waals surface area contributed by atoms with Crippen LogP contribution >= 0.6 is 24.0 Å². The monoisotopic (exact) mass is 481 g/mol. The Bertz CT molecular complexity index is 447. The van der Waals surface area contributed by atoms with Gasteiger partial charge in [-0.2, -0.15) is 0 Å². The van der Waals surface area contributed by atoms with Crippen molar-refractivity contribution in [2.75, 3.05) is 59.0 Å². The smallest absolute Gasteiger partial charge is 0.244 e. The van der Waals surface area contributed by atoms with Crippen LogP contribution in [-0.2, 0) is 9.53 Å². The normalized spacial score (nSPS) is 19.7. The molecule has 0 spiro atoms. The number of guanidine groups is 1. The van der Waals surface area contributed by atoms with Gasteiger partial charge in [-0.15, -0.1) is 24.0 Å². The molecule has 2 heterocycles. The second-order valence-corrected chi connectivity index (χ2v) is 7.40. The quantitative estimate of drug-likeness (QED) is 0.340. The van der Waals surface area contributed by atoms with Crippen molar-refractivity contribution in [3.05, 3.63) is 0 Å². The van der Waals surface area contributed by atoms with Crippen molar-refractivity contribution < 1.29 is 9.53 Å². The summed E-state index contributed by atoms with van der Waals surface area (Å²) in [6, 6.07) is 0. The van der Waals surface area contributed by atoms with Gasteiger partial charge in [0.2, 0.25) is 5.91 Å². The molecule has 0 aromatic rings. The number of likely N-dealkylation sites (tertiary alicyclic amines) is 1. The molecule has 0 saturated carbocycles. The van der Waals surface area contributed by atoms with E-state index in [1.54, 1.807) is 0 Å². The Balaban J connectivity index is 0.00000338. The Morgan fingerprint density at radius 1 is 1.08 bits per heavy atom. The van der Waals surface area contributed by atoms with Crippen LogP contribution < -0.4 is 10.6 Å². The maximum Gasteiger partial charge on any atom is 0.244 e. The fraction of sp³-hybridized carbons (Fsp3) is 0.889. The number of hydrogen-bond acceptors (Lipinski definition) is 4. The van der Waals surface area contributed by atoms with Gasteiger partial charge >= 0.3 is 0 Å². The molecule has 0 unspecified atom stereocenters. The lowest BCUT2D eigenvalue weighted by molar-refractivity contribution is -0.130. The van der Waals surface area contributed by atoms with Gasteiger partial charge in [0, 0.05) is 44.8 Å². The first-order valence-electron chi connectivity index (χ1n) is 9.65. The Labute approximate surface area is 175 Å². The lowest BCUT2D eigenvalue weighted by Crippen LogP contribution is -2.56. The van der Waals surface area contributed by atoms with E-state index in [9.17, 15) is 4.79 Å². The third-order valence-corrected chi connectivity index (χ3v) is 4.98. The van der Waals surface area contributed by atoms with Crippen LogP contribution in [-0.4, -0.2) is 86.2 Å². The summed E-state index contributed by atoms with van der Waals surface area (Å²) in [6.45, 7) is 13.5. The highest BCUT2D eigenvalue weighted by atomic mass is 127. The van der Waals surface area contributed by atoms with E-state index in [1.807, 2.05) is 11.8 Å². The van der Waals surface area contributed by atoms with Crippen molar-refractivity contribution in [2.24, 2.45) is 4.99 Å². The molecule has 2 saturated heterocycles. The van der Waals surface area contributed by atoms with E-state index in [0.29, 0.717) is 5.96 Å². The number of carbonyl (C=O) groups is 1. The van der Waals surface area contributed by atoms with Crippen molar-refractivity contribution in [2.45, 2.75) is 45.6 Å². The molecule has 7 nitrogen and oxygen atoms in total. The Morgan fingerprint density at radius 3 is 2.35 bits per heavy atom. The zero-order chi connectivity index (χ0) is 18.1. The number of piperidine rings is 1. The summed E-state index contributed by atoms with van der Waals surface area (Å²) in [5, 5.41) is 6.64. The lowest BCUT2D eigenvalue weighted by atomic mass is 10.0. The molecular weight excluding hydrogens is 445 g/mol. The van der Waals surface area contributed by atoms with Gasteiger partial charge in [-0.05, 0) is 40.0 Å². The second kappa shape index (κ2) is 12.0. The van der Waals surface area contributed by atoms with Crippen LogP contribution in [0.3, 0.4) is 0 Å². The van der Waals surface area contributed by atoms with Gasteiger partial charge in [-0.1, -0.05) is 0 Å². The molecule has 1 amide bonds. The molecular formula is C18H36IN5O2. The van der Waals surface area contributed by atoms with E-state index in [-0.39, 0.29) is 42.0 Å². The molecule has 0 radical (unpaired) electrons. The molecule has 0 atom stereocenters. The first kappa shape index (κ1) is 23.4. The summed E-state index contributed by atoms with van der Waals surface area (Å²) in [7, 11) is 0. The highest BCUT2D eigenvalue weighted by molar-refractivity contribution is 14.0. The van der Waals surface area contributed by atoms with E-state index < -0.39 is 0 Å². The van der Waals surface area contributed by atoms with Gasteiger partial charge in [0.05, 0.1) is 13.2 Å². The minimum atomic E-state index is 0. The van der Waals surface area contributed by atoms with Gasteiger partial charge < -0.3 is 20.3 Å². The van der Waals surface area contributed by atoms with Crippen molar-refractivity contribution in [1.29, 1.82) is 0 Å². The standard InChI is InChI=1S/C18H35N5O2.HI/c1-4-19-17(20-14-16(24)22-8-6-5-7-9-22)21-15-18(2,3)23-10-12-25-13-11-23;/h4-15H2,1-3H3,(H2,19,20,21);1H. The minimum absolute atomic E-state index is 0. The molecule has 0 bridgehead atoms. The molecule has 8 heteroatoms. The molecule has 0 aliphatic carbocycles. The number of rotatable bonds is 6. The average Bonchev–Trinajstić information content (AvgIpc) is 2.65. The van der Waals surface area contributed by atoms with E-state index in [1.165, 1.54) is 6.42 Å². The van der Waals surface area contributed by atoms with Crippen molar-refractivity contribution in [3.63, 3.8) is 0 Å². The van der Waals surface area contributed by atoms with E-state index in [2.05, 4.69) is 34.4 Å². The molecule has 2 N–H and O–H groups in total. The number of aliphatic imine (C=N–C) groups is 1.